The van der Waals surface area contributed by atoms with Crippen LogP contribution in [0.2, 0.25) is 5.15 Å². The molecule has 0 spiro atoms. The first-order valence-electron chi connectivity index (χ1n) is 7.54. The van der Waals surface area contributed by atoms with Crippen LogP contribution >= 0.6 is 11.6 Å². The Bertz CT molecular complexity index is 462. The van der Waals surface area contributed by atoms with Crippen molar-refractivity contribution >= 4 is 17.4 Å². The van der Waals surface area contributed by atoms with Gasteiger partial charge in [-0.2, -0.15) is 0 Å². The quantitative estimate of drug-likeness (QED) is 0.597. The Kier molecular flexibility index (Phi) is 6.21. The summed E-state index contributed by atoms with van der Waals surface area (Å²) in [6.45, 7) is 7.23. The van der Waals surface area contributed by atoms with Crippen LogP contribution in [0.5, 0.6) is 0 Å². The van der Waals surface area contributed by atoms with Crippen molar-refractivity contribution in [2.24, 2.45) is 0 Å². The molecular weight excluding hydrogens is 290 g/mol. The third-order valence-electron chi connectivity index (χ3n) is 3.81. The molecule has 0 aromatic carbocycles. The van der Waals surface area contributed by atoms with Crippen molar-refractivity contribution in [1.82, 2.24) is 9.97 Å². The smallest absolute Gasteiger partial charge is 0.137 e. The summed E-state index contributed by atoms with van der Waals surface area (Å²) in [6, 6.07) is 0. The summed E-state index contributed by atoms with van der Waals surface area (Å²) in [5.74, 6) is 1.78. The predicted molar refractivity (Wildman–Crippen MR) is 84.2 cm³/mol. The van der Waals surface area contributed by atoms with Crippen molar-refractivity contribution < 1.29 is 9.47 Å². The number of hydrogen-bond donors (Lipinski definition) is 0. The molecule has 0 unspecified atom stereocenters. The lowest BCUT2D eigenvalue weighted by Gasteiger charge is -2.33. The SMILES string of the molecule is CCc1nc(Cl)c(C)c(N2CCC(OCCOC)CC2)n1. The number of piperidine rings is 1. The Morgan fingerprint density at radius 2 is 1.95 bits per heavy atom. The Morgan fingerprint density at radius 3 is 2.57 bits per heavy atom. The van der Waals surface area contributed by atoms with E-state index in [0.29, 0.717) is 24.5 Å². The van der Waals surface area contributed by atoms with Crippen LogP contribution in [-0.4, -0.2) is 49.5 Å². The molecule has 5 nitrogen and oxygen atoms in total. The normalized spacial score (nSPS) is 16.5. The summed E-state index contributed by atoms with van der Waals surface area (Å²) in [7, 11) is 1.69. The maximum atomic E-state index is 6.21. The van der Waals surface area contributed by atoms with Crippen LogP contribution in [-0.2, 0) is 15.9 Å². The van der Waals surface area contributed by atoms with Crippen LogP contribution in [0.4, 0.5) is 5.82 Å². The highest BCUT2D eigenvalue weighted by Gasteiger charge is 2.23. The number of aryl methyl sites for hydroxylation is 1. The summed E-state index contributed by atoms with van der Waals surface area (Å²) >= 11 is 6.21. The third kappa shape index (κ3) is 4.28. The van der Waals surface area contributed by atoms with Gasteiger partial charge in [-0.1, -0.05) is 18.5 Å². The van der Waals surface area contributed by atoms with Crippen LogP contribution in [0, 0.1) is 6.92 Å². The maximum Gasteiger partial charge on any atom is 0.137 e. The summed E-state index contributed by atoms with van der Waals surface area (Å²) in [4.78, 5) is 11.2. The number of halogens is 1. The minimum Gasteiger partial charge on any atom is -0.382 e. The summed E-state index contributed by atoms with van der Waals surface area (Å²) in [6.07, 6.45) is 3.13. The van der Waals surface area contributed by atoms with Crippen LogP contribution in [0.1, 0.15) is 31.2 Å². The molecule has 1 aromatic rings. The van der Waals surface area contributed by atoms with E-state index >= 15 is 0 Å². The van der Waals surface area contributed by atoms with Crippen molar-refractivity contribution in [1.29, 1.82) is 0 Å². The van der Waals surface area contributed by atoms with Gasteiger partial charge in [0.15, 0.2) is 0 Å². The standard InChI is InChI=1S/C15H24ClN3O2/c1-4-13-17-14(16)11(2)15(18-13)19-7-5-12(6-8-19)21-10-9-20-3/h12H,4-10H2,1-3H3. The van der Waals surface area contributed by atoms with Gasteiger partial charge in [0, 0.05) is 32.2 Å². The molecule has 2 rings (SSSR count). The number of anilines is 1. The van der Waals surface area contributed by atoms with Crippen molar-refractivity contribution in [3.8, 4) is 0 Å². The average Bonchev–Trinajstić information content (AvgIpc) is 2.51. The molecule has 0 aliphatic carbocycles. The molecule has 1 saturated heterocycles. The van der Waals surface area contributed by atoms with Crippen molar-refractivity contribution in [2.75, 3.05) is 38.3 Å². The van der Waals surface area contributed by atoms with Gasteiger partial charge in [0.1, 0.15) is 16.8 Å². The fraction of sp³-hybridized carbons (Fsp3) is 0.733. The number of methoxy groups -OCH3 is 1. The lowest BCUT2D eigenvalue weighted by Crippen LogP contribution is -2.38. The van der Waals surface area contributed by atoms with Crippen molar-refractivity contribution in [3.63, 3.8) is 0 Å². The predicted octanol–water partition coefficient (Wildman–Crippen LogP) is 2.63. The van der Waals surface area contributed by atoms with Crippen LogP contribution < -0.4 is 4.90 Å². The van der Waals surface area contributed by atoms with Gasteiger partial charge in [0.25, 0.3) is 0 Å². The fourth-order valence-electron chi connectivity index (χ4n) is 2.52. The van der Waals surface area contributed by atoms with Gasteiger partial charge in [-0.25, -0.2) is 9.97 Å². The topological polar surface area (TPSA) is 47.5 Å². The van der Waals surface area contributed by atoms with E-state index in [9.17, 15) is 0 Å². The van der Waals surface area contributed by atoms with E-state index < -0.39 is 0 Å². The molecule has 0 N–H and O–H groups in total. The minimum absolute atomic E-state index is 0.319. The molecule has 1 fully saturated rings. The second-order valence-electron chi connectivity index (χ2n) is 5.28. The van der Waals surface area contributed by atoms with Crippen LogP contribution in [0.3, 0.4) is 0 Å². The molecule has 1 aliphatic rings. The molecule has 118 valence electrons. The molecule has 0 amide bonds. The van der Waals surface area contributed by atoms with Crippen LogP contribution in [0.25, 0.3) is 0 Å². The van der Waals surface area contributed by atoms with Crippen LogP contribution in [0.15, 0.2) is 0 Å². The molecule has 1 aromatic heterocycles. The molecule has 0 atom stereocenters. The van der Waals surface area contributed by atoms with Gasteiger partial charge in [-0.3, -0.25) is 0 Å². The highest BCUT2D eigenvalue weighted by molar-refractivity contribution is 6.30. The molecule has 6 heteroatoms. The Hall–Kier alpha value is -0.910. The van der Waals surface area contributed by atoms with E-state index in [1.165, 1.54) is 0 Å². The zero-order valence-corrected chi connectivity index (χ0v) is 13.8. The highest BCUT2D eigenvalue weighted by Crippen LogP contribution is 2.26. The first-order valence-corrected chi connectivity index (χ1v) is 7.92. The molecule has 21 heavy (non-hydrogen) atoms. The van der Waals surface area contributed by atoms with E-state index in [2.05, 4.69) is 14.9 Å². The average molecular weight is 314 g/mol. The summed E-state index contributed by atoms with van der Waals surface area (Å²) < 4.78 is 10.8. The lowest BCUT2D eigenvalue weighted by molar-refractivity contribution is 0.00603. The number of rotatable bonds is 6. The molecule has 0 bridgehead atoms. The Balaban J connectivity index is 1.97. The number of aromatic nitrogens is 2. The monoisotopic (exact) mass is 313 g/mol. The highest BCUT2D eigenvalue weighted by atomic mass is 35.5. The van der Waals surface area contributed by atoms with E-state index in [4.69, 9.17) is 21.1 Å². The second-order valence-corrected chi connectivity index (χ2v) is 5.64. The largest absolute Gasteiger partial charge is 0.382 e. The van der Waals surface area contributed by atoms with Crippen molar-refractivity contribution in [2.45, 2.75) is 39.2 Å². The van der Waals surface area contributed by atoms with Gasteiger partial charge in [-0.15, -0.1) is 0 Å². The second kappa shape index (κ2) is 7.92. The van der Waals surface area contributed by atoms with Crippen molar-refractivity contribution in [3.05, 3.63) is 16.5 Å². The summed E-state index contributed by atoms with van der Waals surface area (Å²) in [5, 5.41) is 0.565. The molecular formula is C15H24ClN3O2. The minimum atomic E-state index is 0.319. The van der Waals surface area contributed by atoms with Gasteiger partial charge >= 0.3 is 0 Å². The first kappa shape index (κ1) is 16.5. The third-order valence-corrected chi connectivity index (χ3v) is 4.17. The van der Waals surface area contributed by atoms with Gasteiger partial charge in [0.05, 0.1) is 19.3 Å². The number of ether oxygens (including phenoxy) is 2. The van der Waals surface area contributed by atoms with E-state index in [1.807, 2.05) is 13.8 Å². The molecule has 0 radical (unpaired) electrons. The molecule has 0 saturated carbocycles. The van der Waals surface area contributed by atoms with E-state index in [1.54, 1.807) is 7.11 Å². The van der Waals surface area contributed by atoms with Gasteiger partial charge < -0.3 is 14.4 Å². The Labute approximate surface area is 131 Å². The number of hydrogen-bond acceptors (Lipinski definition) is 5. The molecule has 2 heterocycles. The van der Waals surface area contributed by atoms with Gasteiger partial charge in [0.2, 0.25) is 0 Å². The lowest BCUT2D eigenvalue weighted by atomic mass is 10.1. The van der Waals surface area contributed by atoms with E-state index in [0.717, 1.165) is 49.6 Å². The zero-order chi connectivity index (χ0) is 15.2. The fourth-order valence-corrected chi connectivity index (χ4v) is 2.70. The molecule has 1 aliphatic heterocycles. The van der Waals surface area contributed by atoms with E-state index in [-0.39, 0.29) is 0 Å². The number of nitrogens with zero attached hydrogens (tertiary/aromatic N) is 3. The first-order chi connectivity index (χ1) is 10.2. The Morgan fingerprint density at radius 1 is 1.24 bits per heavy atom. The zero-order valence-electron chi connectivity index (χ0n) is 13.1. The maximum absolute atomic E-state index is 6.21. The summed E-state index contributed by atoms with van der Waals surface area (Å²) in [5.41, 5.74) is 0.965. The van der Waals surface area contributed by atoms with Gasteiger partial charge in [-0.05, 0) is 19.8 Å².